The highest BCUT2D eigenvalue weighted by Crippen LogP contribution is 2.31. The summed E-state index contributed by atoms with van der Waals surface area (Å²) in [6.07, 6.45) is 0. The first-order chi connectivity index (χ1) is 12.1. The van der Waals surface area contributed by atoms with Gasteiger partial charge in [-0.3, -0.25) is 4.79 Å². The van der Waals surface area contributed by atoms with Gasteiger partial charge in [0, 0.05) is 11.1 Å². The molecular weight excluding hydrogens is 334 g/mol. The summed E-state index contributed by atoms with van der Waals surface area (Å²) in [6.45, 7) is 3.78. The van der Waals surface area contributed by atoms with Crippen molar-refractivity contribution < 1.29 is 4.79 Å². The second kappa shape index (κ2) is 6.10. The van der Waals surface area contributed by atoms with E-state index in [1.807, 2.05) is 62.4 Å². The van der Waals surface area contributed by atoms with Gasteiger partial charge in [0.1, 0.15) is 5.01 Å². The summed E-state index contributed by atoms with van der Waals surface area (Å²) in [5.41, 5.74) is 3.18. The van der Waals surface area contributed by atoms with E-state index in [1.165, 1.54) is 11.3 Å². The Kier molecular flexibility index (Phi) is 3.77. The Morgan fingerprint density at radius 1 is 1.04 bits per heavy atom. The molecule has 0 aliphatic carbocycles. The molecule has 2 aromatic carbocycles. The highest BCUT2D eigenvalue weighted by atomic mass is 32.1. The number of benzene rings is 2. The van der Waals surface area contributed by atoms with Crippen LogP contribution in [-0.4, -0.2) is 25.7 Å². The third kappa shape index (κ3) is 2.78. The van der Waals surface area contributed by atoms with Crippen LogP contribution >= 0.6 is 11.3 Å². The summed E-state index contributed by atoms with van der Waals surface area (Å²) < 4.78 is 1.71. The lowest BCUT2D eigenvalue weighted by Crippen LogP contribution is -2.13. The van der Waals surface area contributed by atoms with Crippen LogP contribution in [-0.2, 0) is 0 Å². The number of aryl methyl sites for hydroxylation is 2. The molecule has 0 saturated carbocycles. The van der Waals surface area contributed by atoms with E-state index in [0.29, 0.717) is 5.56 Å². The van der Waals surface area contributed by atoms with E-state index in [0.717, 1.165) is 32.6 Å². The first-order valence-electron chi connectivity index (χ1n) is 7.79. The molecule has 0 unspecified atom stereocenters. The molecule has 0 bridgehead atoms. The van der Waals surface area contributed by atoms with E-state index in [1.54, 1.807) is 4.52 Å². The van der Waals surface area contributed by atoms with Gasteiger partial charge in [0.2, 0.25) is 4.96 Å². The molecule has 25 heavy (non-hydrogen) atoms. The summed E-state index contributed by atoms with van der Waals surface area (Å²) >= 11 is 1.44. The Morgan fingerprint density at radius 2 is 1.80 bits per heavy atom. The third-order valence-corrected chi connectivity index (χ3v) is 4.87. The lowest BCUT2D eigenvalue weighted by Gasteiger charge is -2.10. The molecule has 2 aromatic heterocycles. The molecule has 124 valence electrons. The quantitative estimate of drug-likeness (QED) is 0.612. The number of rotatable bonds is 3. The van der Waals surface area contributed by atoms with Gasteiger partial charge in [-0.25, -0.2) is 0 Å². The minimum Gasteiger partial charge on any atom is -0.321 e. The van der Waals surface area contributed by atoms with Crippen LogP contribution in [0.25, 0.3) is 15.5 Å². The number of carbonyl (C=O) groups is 1. The van der Waals surface area contributed by atoms with Gasteiger partial charge in [-0.1, -0.05) is 41.7 Å². The van der Waals surface area contributed by atoms with Gasteiger partial charge in [0.15, 0.2) is 5.82 Å². The summed E-state index contributed by atoms with van der Waals surface area (Å²) in [5.74, 6) is 0.601. The normalized spacial score (nSPS) is 11.0. The number of hydrogen-bond acceptors (Lipinski definition) is 5. The van der Waals surface area contributed by atoms with Crippen molar-refractivity contribution in [2.45, 2.75) is 13.8 Å². The van der Waals surface area contributed by atoms with E-state index in [-0.39, 0.29) is 5.91 Å². The van der Waals surface area contributed by atoms with Gasteiger partial charge in [-0.15, -0.1) is 10.2 Å². The number of para-hydroxylation sites is 1. The highest BCUT2D eigenvalue weighted by Gasteiger charge is 2.16. The number of carbonyl (C=O) groups excluding carboxylic acids is 1. The van der Waals surface area contributed by atoms with Crippen molar-refractivity contribution in [2.24, 2.45) is 0 Å². The molecule has 0 aliphatic rings. The molecule has 1 N–H and O–H groups in total. The van der Waals surface area contributed by atoms with Crippen molar-refractivity contribution in [1.29, 1.82) is 0 Å². The Labute approximate surface area is 148 Å². The molecule has 0 atom stereocenters. The molecule has 2 heterocycles. The Hall–Kier alpha value is -3.06. The molecule has 6 nitrogen and oxygen atoms in total. The first kappa shape index (κ1) is 15.5. The predicted molar refractivity (Wildman–Crippen MR) is 98.0 cm³/mol. The molecule has 4 aromatic rings. The van der Waals surface area contributed by atoms with Crippen LogP contribution in [0.15, 0.2) is 48.5 Å². The number of amides is 1. The fourth-order valence-corrected chi connectivity index (χ4v) is 3.54. The highest BCUT2D eigenvalue weighted by molar-refractivity contribution is 7.19. The summed E-state index contributed by atoms with van der Waals surface area (Å²) in [6, 6.07) is 15.2. The zero-order valence-electron chi connectivity index (χ0n) is 13.7. The lowest BCUT2D eigenvalue weighted by molar-refractivity contribution is 0.102. The second-order valence-electron chi connectivity index (χ2n) is 5.66. The molecule has 0 saturated heterocycles. The van der Waals surface area contributed by atoms with Gasteiger partial charge in [0.05, 0.1) is 5.69 Å². The molecule has 4 rings (SSSR count). The smallest absolute Gasteiger partial charge is 0.255 e. The SMILES string of the molecule is Cc1ccccc1C(=O)Nc1ccccc1-c1nn2c(C)nnc2s1. The molecule has 7 heteroatoms. The fourth-order valence-electron chi connectivity index (χ4n) is 2.62. The van der Waals surface area contributed by atoms with E-state index in [4.69, 9.17) is 0 Å². The van der Waals surface area contributed by atoms with Crippen molar-refractivity contribution in [2.75, 3.05) is 5.32 Å². The van der Waals surface area contributed by atoms with Gasteiger partial charge >= 0.3 is 0 Å². The lowest BCUT2D eigenvalue weighted by atomic mass is 10.1. The van der Waals surface area contributed by atoms with Gasteiger partial charge in [0.25, 0.3) is 5.91 Å². The molecule has 0 fully saturated rings. The Balaban J connectivity index is 1.72. The van der Waals surface area contributed by atoms with Crippen LogP contribution in [0, 0.1) is 13.8 Å². The predicted octanol–water partition coefficient (Wildman–Crippen LogP) is 3.72. The molecule has 1 amide bonds. The molecule has 0 radical (unpaired) electrons. The zero-order valence-corrected chi connectivity index (χ0v) is 14.5. The van der Waals surface area contributed by atoms with E-state index >= 15 is 0 Å². The minimum absolute atomic E-state index is 0.135. The standard InChI is InChI=1S/C18H15N5OS/c1-11-7-3-4-8-13(11)16(24)19-15-10-6-5-9-14(15)17-22-23-12(2)20-21-18(23)25-17/h3-10H,1-2H3,(H,19,24). The van der Waals surface area contributed by atoms with Crippen molar-refractivity contribution >= 4 is 27.9 Å². The third-order valence-electron chi connectivity index (χ3n) is 3.94. The Bertz CT molecular complexity index is 1080. The van der Waals surface area contributed by atoms with E-state index in [2.05, 4.69) is 20.6 Å². The molecular formula is C18H15N5OS. The Morgan fingerprint density at radius 3 is 2.60 bits per heavy atom. The van der Waals surface area contributed by atoms with E-state index in [9.17, 15) is 4.79 Å². The van der Waals surface area contributed by atoms with Crippen LogP contribution in [0.4, 0.5) is 5.69 Å². The largest absolute Gasteiger partial charge is 0.321 e. The number of fused-ring (bicyclic) bond motifs is 1. The average Bonchev–Trinajstić information content (AvgIpc) is 3.18. The van der Waals surface area contributed by atoms with Crippen LogP contribution in [0.5, 0.6) is 0 Å². The monoisotopic (exact) mass is 349 g/mol. The second-order valence-corrected chi connectivity index (χ2v) is 6.62. The zero-order chi connectivity index (χ0) is 17.4. The maximum Gasteiger partial charge on any atom is 0.255 e. The van der Waals surface area contributed by atoms with Crippen molar-refractivity contribution in [3.05, 3.63) is 65.5 Å². The van der Waals surface area contributed by atoms with Crippen LogP contribution in [0.3, 0.4) is 0 Å². The first-order valence-corrected chi connectivity index (χ1v) is 8.60. The minimum atomic E-state index is -0.135. The summed E-state index contributed by atoms with van der Waals surface area (Å²) in [7, 11) is 0. The molecule has 0 aliphatic heterocycles. The maximum absolute atomic E-state index is 12.6. The number of hydrogen-bond donors (Lipinski definition) is 1. The number of nitrogens with one attached hydrogen (secondary N) is 1. The van der Waals surface area contributed by atoms with Crippen LogP contribution in [0.1, 0.15) is 21.7 Å². The summed E-state index contributed by atoms with van der Waals surface area (Å²) in [4.78, 5) is 13.4. The van der Waals surface area contributed by atoms with Gasteiger partial charge < -0.3 is 5.32 Å². The number of nitrogens with zero attached hydrogens (tertiary/aromatic N) is 4. The molecule has 0 spiro atoms. The summed E-state index contributed by atoms with van der Waals surface area (Å²) in [5, 5.41) is 16.4. The van der Waals surface area contributed by atoms with Crippen LogP contribution < -0.4 is 5.32 Å². The maximum atomic E-state index is 12.6. The van der Waals surface area contributed by atoms with Crippen LogP contribution in [0.2, 0.25) is 0 Å². The van der Waals surface area contributed by atoms with Gasteiger partial charge in [-0.2, -0.15) is 9.61 Å². The number of aromatic nitrogens is 4. The topological polar surface area (TPSA) is 72.2 Å². The van der Waals surface area contributed by atoms with Crippen molar-refractivity contribution in [3.63, 3.8) is 0 Å². The van der Waals surface area contributed by atoms with Crippen molar-refractivity contribution in [1.82, 2.24) is 19.8 Å². The van der Waals surface area contributed by atoms with E-state index < -0.39 is 0 Å². The number of anilines is 1. The average molecular weight is 349 g/mol. The van der Waals surface area contributed by atoms with Crippen molar-refractivity contribution in [3.8, 4) is 10.6 Å². The van der Waals surface area contributed by atoms with Gasteiger partial charge in [-0.05, 0) is 37.6 Å². The fraction of sp³-hybridized carbons (Fsp3) is 0.111.